The Balaban J connectivity index is 1.67. The second-order valence-corrected chi connectivity index (χ2v) is 8.40. The number of para-hydroxylation sites is 2. The number of amides is 1. The van der Waals surface area contributed by atoms with Gasteiger partial charge in [0.2, 0.25) is 0 Å². The number of aromatic amines is 1. The van der Waals surface area contributed by atoms with Crippen molar-refractivity contribution in [3.63, 3.8) is 0 Å². The number of aromatic hydroxyl groups is 1. The Hall–Kier alpha value is -4.39. The van der Waals surface area contributed by atoms with E-state index >= 15 is 0 Å². The highest BCUT2D eigenvalue weighted by atomic mass is 16.3. The minimum atomic E-state index is -0.701. The lowest BCUT2D eigenvalue weighted by molar-refractivity contribution is -0.120. The molecule has 1 aliphatic rings. The molecule has 1 amide bonds. The topological polar surface area (TPSA) is 90.7 Å². The number of carbonyl (C=O) groups excluding carboxylic acids is 1. The summed E-state index contributed by atoms with van der Waals surface area (Å²) in [4.78, 5) is 27.4. The molecule has 0 saturated carbocycles. The van der Waals surface area contributed by atoms with E-state index in [0.29, 0.717) is 33.9 Å². The lowest BCUT2D eigenvalue weighted by atomic mass is 9.78. The third-order valence-electron chi connectivity index (χ3n) is 6.19. The molecule has 0 bridgehead atoms. The van der Waals surface area contributed by atoms with E-state index < -0.39 is 11.8 Å². The minimum Gasteiger partial charge on any atom is -0.508 e. The number of nitrogens with one attached hydrogen (secondary N) is 1. The highest BCUT2D eigenvalue weighted by Crippen LogP contribution is 2.39. The lowest BCUT2D eigenvalue weighted by Crippen LogP contribution is -2.34. The molecule has 7 heteroatoms. The molecule has 0 fully saturated rings. The third-order valence-corrected chi connectivity index (χ3v) is 6.19. The monoisotopic (exact) mass is 452 g/mol. The fraction of sp³-hybridized carbons (Fsp3) is 0.148. The van der Waals surface area contributed by atoms with Crippen LogP contribution in [-0.4, -0.2) is 26.5 Å². The second kappa shape index (κ2) is 8.51. The first-order valence-corrected chi connectivity index (χ1v) is 11.1. The minimum absolute atomic E-state index is 0.0685. The van der Waals surface area contributed by atoms with Gasteiger partial charge in [0.1, 0.15) is 5.75 Å². The largest absolute Gasteiger partial charge is 0.508 e. The van der Waals surface area contributed by atoms with E-state index in [4.69, 9.17) is 0 Å². The summed E-state index contributed by atoms with van der Waals surface area (Å²) in [5, 5.41) is 19.3. The first-order chi connectivity index (χ1) is 16.5. The smallest absolute Gasteiger partial charge is 0.275 e. The van der Waals surface area contributed by atoms with Crippen molar-refractivity contribution in [2.45, 2.75) is 19.8 Å². The van der Waals surface area contributed by atoms with Crippen LogP contribution >= 0.6 is 0 Å². The number of phenols is 1. The fourth-order valence-corrected chi connectivity index (χ4v) is 4.65. The maximum absolute atomic E-state index is 13.7. The molecule has 0 radical (unpaired) electrons. The molecular formula is C27H24N4O3. The summed E-state index contributed by atoms with van der Waals surface area (Å²) in [5.41, 5.74) is 3.52. The van der Waals surface area contributed by atoms with Gasteiger partial charge in [0, 0.05) is 22.9 Å². The van der Waals surface area contributed by atoms with Crippen LogP contribution < -0.4 is 10.6 Å². The Bertz CT molecular complexity index is 1440. The number of benzene rings is 3. The molecule has 170 valence electrons. The normalized spacial score (nSPS) is 16.5. The van der Waals surface area contributed by atoms with E-state index in [0.717, 1.165) is 0 Å². The molecule has 0 spiro atoms. The number of phenolic OH excluding ortho intramolecular Hbond substituents is 1. The van der Waals surface area contributed by atoms with Gasteiger partial charge in [-0.1, -0.05) is 48.5 Å². The van der Waals surface area contributed by atoms with Crippen LogP contribution in [0.5, 0.6) is 5.75 Å². The number of rotatable bonds is 5. The van der Waals surface area contributed by atoms with Gasteiger partial charge in [-0.05, 0) is 55.8 Å². The van der Waals surface area contributed by atoms with Gasteiger partial charge in [-0.15, -0.1) is 0 Å². The predicted molar refractivity (Wildman–Crippen MR) is 132 cm³/mol. The molecule has 5 rings (SSSR count). The molecule has 7 nitrogen and oxygen atoms in total. The zero-order chi connectivity index (χ0) is 23.8. The van der Waals surface area contributed by atoms with Crippen LogP contribution in [0.2, 0.25) is 0 Å². The van der Waals surface area contributed by atoms with Gasteiger partial charge in [0.05, 0.1) is 17.3 Å². The molecule has 0 aliphatic carbocycles. The SMILES string of the molecule is CC1=NN(c2ccccc2)C(=O)[C@@H]1[C@@H](c1cccc(O)c1)c1c(C)[nH]n(-c2ccccc2)c1=O. The molecule has 3 aromatic carbocycles. The molecule has 4 aromatic rings. The Morgan fingerprint density at radius 1 is 0.882 bits per heavy atom. The molecule has 0 unspecified atom stereocenters. The van der Waals surface area contributed by atoms with Crippen LogP contribution in [0.3, 0.4) is 0 Å². The lowest BCUT2D eigenvalue weighted by Gasteiger charge is -2.23. The van der Waals surface area contributed by atoms with Gasteiger partial charge in [-0.3, -0.25) is 14.7 Å². The quantitative estimate of drug-likeness (QED) is 0.472. The number of hydrazone groups is 1. The summed E-state index contributed by atoms with van der Waals surface area (Å²) < 4.78 is 1.49. The van der Waals surface area contributed by atoms with Crippen LogP contribution in [0, 0.1) is 12.8 Å². The van der Waals surface area contributed by atoms with Gasteiger partial charge in [0.15, 0.2) is 0 Å². The molecule has 0 saturated heterocycles. The molecule has 34 heavy (non-hydrogen) atoms. The van der Waals surface area contributed by atoms with Crippen LogP contribution in [0.1, 0.15) is 29.7 Å². The number of aryl methyl sites for hydroxylation is 1. The zero-order valence-corrected chi connectivity index (χ0v) is 18.8. The van der Waals surface area contributed by atoms with Gasteiger partial charge >= 0.3 is 0 Å². The Kier molecular flexibility index (Phi) is 5.37. The van der Waals surface area contributed by atoms with E-state index in [2.05, 4.69) is 10.2 Å². The number of H-pyrrole nitrogens is 1. The Morgan fingerprint density at radius 2 is 1.53 bits per heavy atom. The van der Waals surface area contributed by atoms with E-state index in [9.17, 15) is 14.7 Å². The zero-order valence-electron chi connectivity index (χ0n) is 18.8. The van der Waals surface area contributed by atoms with Gasteiger partial charge < -0.3 is 5.11 Å². The predicted octanol–water partition coefficient (Wildman–Crippen LogP) is 4.35. The van der Waals surface area contributed by atoms with Crippen LogP contribution in [0.4, 0.5) is 5.69 Å². The summed E-state index contributed by atoms with van der Waals surface area (Å²) in [7, 11) is 0. The number of carbonyl (C=O) groups is 1. The summed E-state index contributed by atoms with van der Waals surface area (Å²) in [6.45, 7) is 3.63. The molecule has 2 heterocycles. The number of nitrogens with zero attached hydrogens (tertiary/aromatic N) is 3. The molecule has 1 aliphatic heterocycles. The number of hydrogen-bond donors (Lipinski definition) is 2. The summed E-state index contributed by atoms with van der Waals surface area (Å²) >= 11 is 0. The van der Waals surface area contributed by atoms with E-state index in [1.165, 1.54) is 9.69 Å². The maximum Gasteiger partial charge on any atom is 0.275 e. The van der Waals surface area contributed by atoms with E-state index in [1.807, 2.05) is 73.7 Å². The molecule has 2 atom stereocenters. The van der Waals surface area contributed by atoms with Crippen molar-refractivity contribution in [2.75, 3.05) is 5.01 Å². The molecule has 1 aromatic heterocycles. The van der Waals surface area contributed by atoms with Crippen molar-refractivity contribution in [3.05, 3.63) is 112 Å². The summed E-state index contributed by atoms with van der Waals surface area (Å²) in [6, 6.07) is 25.2. The highest BCUT2D eigenvalue weighted by Gasteiger charge is 2.43. The van der Waals surface area contributed by atoms with E-state index in [1.54, 1.807) is 25.1 Å². The van der Waals surface area contributed by atoms with E-state index in [-0.39, 0.29) is 17.2 Å². The van der Waals surface area contributed by atoms with Crippen molar-refractivity contribution >= 4 is 17.3 Å². The number of anilines is 1. The van der Waals surface area contributed by atoms with Crippen molar-refractivity contribution in [2.24, 2.45) is 11.0 Å². The summed E-state index contributed by atoms with van der Waals surface area (Å²) in [5.74, 6) is -1.48. The van der Waals surface area contributed by atoms with Gasteiger partial charge in [0.25, 0.3) is 11.5 Å². The van der Waals surface area contributed by atoms with Crippen molar-refractivity contribution < 1.29 is 9.90 Å². The number of hydrogen-bond acceptors (Lipinski definition) is 4. The van der Waals surface area contributed by atoms with Crippen molar-refractivity contribution in [3.8, 4) is 11.4 Å². The second-order valence-electron chi connectivity index (χ2n) is 8.40. The Labute approximate surface area is 196 Å². The average molecular weight is 453 g/mol. The van der Waals surface area contributed by atoms with Crippen LogP contribution in [0.15, 0.2) is 94.8 Å². The van der Waals surface area contributed by atoms with Crippen molar-refractivity contribution in [1.82, 2.24) is 9.78 Å². The summed E-state index contributed by atoms with van der Waals surface area (Å²) in [6.07, 6.45) is 0. The molecule has 2 N–H and O–H groups in total. The fourth-order valence-electron chi connectivity index (χ4n) is 4.65. The van der Waals surface area contributed by atoms with Gasteiger partial charge in [-0.25, -0.2) is 9.69 Å². The number of aromatic nitrogens is 2. The third kappa shape index (κ3) is 3.61. The standard InChI is InChI=1S/C27H24N4O3/c1-17-23(26(33)30(28-17)20-11-5-3-6-12-20)25(19-10-9-15-22(32)16-19)24-18(2)29-31(27(24)34)21-13-7-4-8-14-21/h3-16,23,25,29,32H,1-2H3/t23-,25+/m0/s1. The average Bonchev–Trinajstić information content (AvgIpc) is 3.31. The van der Waals surface area contributed by atoms with Crippen LogP contribution in [-0.2, 0) is 4.79 Å². The Morgan fingerprint density at radius 3 is 2.18 bits per heavy atom. The first-order valence-electron chi connectivity index (χ1n) is 11.1. The van der Waals surface area contributed by atoms with Gasteiger partial charge in [-0.2, -0.15) is 5.10 Å². The maximum atomic E-state index is 13.7. The van der Waals surface area contributed by atoms with Crippen molar-refractivity contribution in [1.29, 1.82) is 0 Å². The molecular weight excluding hydrogens is 428 g/mol. The van der Waals surface area contributed by atoms with Crippen LogP contribution in [0.25, 0.3) is 5.69 Å². The highest BCUT2D eigenvalue weighted by molar-refractivity contribution is 6.15. The first kappa shape index (κ1) is 21.5.